The van der Waals surface area contributed by atoms with E-state index < -0.39 is 6.10 Å². The van der Waals surface area contributed by atoms with E-state index in [2.05, 4.69) is 26.1 Å². The second-order valence-corrected chi connectivity index (χ2v) is 6.30. The molecule has 0 saturated heterocycles. The Kier molecular flexibility index (Phi) is 3.78. The summed E-state index contributed by atoms with van der Waals surface area (Å²) in [4.78, 5) is 0.965. The molecule has 4 nitrogen and oxygen atoms in total. The van der Waals surface area contributed by atoms with Gasteiger partial charge in [-0.15, -0.1) is 10.2 Å². The van der Waals surface area contributed by atoms with Crippen LogP contribution in [-0.4, -0.2) is 19.7 Å². The van der Waals surface area contributed by atoms with E-state index in [0.717, 1.165) is 25.7 Å². The summed E-state index contributed by atoms with van der Waals surface area (Å²) in [7, 11) is 0. The molecule has 0 amide bonds. The fourth-order valence-electron chi connectivity index (χ4n) is 1.93. The second-order valence-electron chi connectivity index (χ2n) is 4.37. The molecule has 0 aliphatic carbocycles. The van der Waals surface area contributed by atoms with Crippen LogP contribution in [0.3, 0.4) is 0 Å². The summed E-state index contributed by atoms with van der Waals surface area (Å²) in [6.45, 7) is 1.76. The van der Waals surface area contributed by atoms with Crippen LogP contribution in [0.4, 0.5) is 0 Å². The van der Waals surface area contributed by atoms with Crippen LogP contribution in [0.5, 0.6) is 0 Å². The van der Waals surface area contributed by atoms with Gasteiger partial charge in [0.05, 0.1) is 6.10 Å². The topological polar surface area (TPSA) is 50.4 Å². The molecule has 0 spiro atoms. The summed E-state index contributed by atoms with van der Waals surface area (Å²) in [5, 5.41) is 19.0. The first kappa shape index (κ1) is 13.6. The van der Waals surface area contributed by atoms with Crippen molar-refractivity contribution in [2.75, 3.05) is 0 Å². The molecule has 1 atom stereocenters. The third-order valence-electron chi connectivity index (χ3n) is 2.91. The number of pyridine rings is 1. The van der Waals surface area contributed by atoms with Gasteiger partial charge in [0, 0.05) is 15.6 Å². The molecule has 1 aromatic carbocycles. The molecule has 0 bridgehead atoms. The Morgan fingerprint density at radius 2 is 2.10 bits per heavy atom. The van der Waals surface area contributed by atoms with E-state index in [1.807, 2.05) is 47.0 Å². The van der Waals surface area contributed by atoms with Crippen LogP contribution in [-0.2, 0) is 0 Å². The lowest BCUT2D eigenvalue weighted by atomic mass is 10.1. The van der Waals surface area contributed by atoms with Gasteiger partial charge in [-0.1, -0.05) is 28.1 Å². The van der Waals surface area contributed by atoms with Gasteiger partial charge in [0.2, 0.25) is 0 Å². The zero-order valence-corrected chi connectivity index (χ0v) is 13.1. The molecule has 3 aromatic rings. The Labute approximate surface area is 129 Å². The van der Waals surface area contributed by atoms with Crippen molar-refractivity contribution in [3.05, 3.63) is 52.6 Å². The quantitative estimate of drug-likeness (QED) is 0.783. The summed E-state index contributed by atoms with van der Waals surface area (Å²) in [6.07, 6.45) is 1.40. The van der Waals surface area contributed by atoms with E-state index in [1.54, 1.807) is 6.92 Å². The molecule has 2 heterocycles. The van der Waals surface area contributed by atoms with E-state index in [1.165, 1.54) is 11.8 Å². The van der Waals surface area contributed by atoms with Gasteiger partial charge in [0.1, 0.15) is 0 Å². The van der Waals surface area contributed by atoms with Gasteiger partial charge in [-0.05, 0) is 48.5 Å². The largest absolute Gasteiger partial charge is 0.389 e. The van der Waals surface area contributed by atoms with Crippen molar-refractivity contribution >= 4 is 33.3 Å². The Morgan fingerprint density at radius 3 is 2.90 bits per heavy atom. The standard InChI is InChI=1S/C14H12BrN3OS/c1-9(19)11-6-5-10(15)8-12(11)20-14-17-16-13-4-2-3-7-18(13)14/h2-9,19H,1H3. The number of aromatic nitrogens is 3. The van der Waals surface area contributed by atoms with Crippen LogP contribution in [0, 0.1) is 0 Å². The highest BCUT2D eigenvalue weighted by Gasteiger charge is 2.13. The van der Waals surface area contributed by atoms with Crippen molar-refractivity contribution in [1.82, 2.24) is 14.6 Å². The fourth-order valence-corrected chi connectivity index (χ4v) is 3.52. The van der Waals surface area contributed by atoms with Gasteiger partial charge in [-0.3, -0.25) is 4.40 Å². The molecule has 0 radical (unpaired) electrons. The third kappa shape index (κ3) is 2.59. The maximum atomic E-state index is 9.87. The number of rotatable bonds is 3. The molecular formula is C14H12BrN3OS. The minimum Gasteiger partial charge on any atom is -0.389 e. The summed E-state index contributed by atoms with van der Waals surface area (Å²) >= 11 is 4.95. The Bertz CT molecular complexity index is 757. The minimum atomic E-state index is -0.523. The monoisotopic (exact) mass is 349 g/mol. The average Bonchev–Trinajstić information content (AvgIpc) is 2.82. The summed E-state index contributed by atoms with van der Waals surface area (Å²) < 4.78 is 2.90. The molecule has 2 aromatic heterocycles. The molecule has 0 aliphatic rings. The van der Waals surface area contributed by atoms with Gasteiger partial charge in [-0.25, -0.2) is 0 Å². The van der Waals surface area contributed by atoms with Crippen molar-refractivity contribution < 1.29 is 5.11 Å². The van der Waals surface area contributed by atoms with Gasteiger partial charge in [0.25, 0.3) is 0 Å². The maximum absolute atomic E-state index is 9.87. The van der Waals surface area contributed by atoms with E-state index in [4.69, 9.17) is 0 Å². The van der Waals surface area contributed by atoms with Crippen molar-refractivity contribution in [1.29, 1.82) is 0 Å². The first-order valence-electron chi connectivity index (χ1n) is 6.10. The van der Waals surface area contributed by atoms with Crippen LogP contribution in [0.15, 0.2) is 57.1 Å². The number of hydrogen-bond acceptors (Lipinski definition) is 4. The molecule has 0 fully saturated rings. The first-order chi connectivity index (χ1) is 9.65. The second kappa shape index (κ2) is 5.55. The Balaban J connectivity index is 2.04. The molecule has 20 heavy (non-hydrogen) atoms. The lowest BCUT2D eigenvalue weighted by Crippen LogP contribution is -1.95. The van der Waals surface area contributed by atoms with Crippen LogP contribution in [0.2, 0.25) is 0 Å². The molecule has 0 saturated carbocycles. The molecule has 0 aliphatic heterocycles. The third-order valence-corrected chi connectivity index (χ3v) is 4.44. The minimum absolute atomic E-state index is 0.523. The normalized spacial score (nSPS) is 12.8. The highest BCUT2D eigenvalue weighted by molar-refractivity contribution is 9.10. The van der Waals surface area contributed by atoms with E-state index in [0.29, 0.717) is 0 Å². The van der Waals surface area contributed by atoms with Gasteiger partial charge in [-0.2, -0.15) is 0 Å². The van der Waals surface area contributed by atoms with E-state index in [-0.39, 0.29) is 0 Å². The Hall–Kier alpha value is -1.37. The average molecular weight is 350 g/mol. The Morgan fingerprint density at radius 1 is 1.25 bits per heavy atom. The number of halogens is 1. The number of benzene rings is 1. The van der Waals surface area contributed by atoms with Crippen LogP contribution in [0.25, 0.3) is 5.65 Å². The SMILES string of the molecule is CC(O)c1ccc(Br)cc1Sc1nnc2ccccn12. The maximum Gasteiger partial charge on any atom is 0.200 e. The van der Waals surface area contributed by atoms with Gasteiger partial charge in [0.15, 0.2) is 10.8 Å². The van der Waals surface area contributed by atoms with Gasteiger partial charge < -0.3 is 5.11 Å². The molecule has 102 valence electrons. The number of nitrogens with zero attached hydrogens (tertiary/aromatic N) is 3. The highest BCUT2D eigenvalue weighted by atomic mass is 79.9. The van der Waals surface area contributed by atoms with Crippen molar-refractivity contribution in [2.24, 2.45) is 0 Å². The predicted molar refractivity (Wildman–Crippen MR) is 81.9 cm³/mol. The first-order valence-corrected chi connectivity index (χ1v) is 7.71. The van der Waals surface area contributed by atoms with Crippen molar-refractivity contribution in [2.45, 2.75) is 23.1 Å². The number of hydrogen-bond donors (Lipinski definition) is 1. The lowest BCUT2D eigenvalue weighted by molar-refractivity contribution is 0.196. The van der Waals surface area contributed by atoms with E-state index >= 15 is 0 Å². The van der Waals surface area contributed by atoms with Gasteiger partial charge >= 0.3 is 0 Å². The van der Waals surface area contributed by atoms with Crippen LogP contribution in [0.1, 0.15) is 18.6 Å². The molecule has 3 rings (SSSR count). The molecular weight excluding hydrogens is 338 g/mol. The summed E-state index contributed by atoms with van der Waals surface area (Å²) in [5.74, 6) is 0. The zero-order valence-electron chi connectivity index (χ0n) is 10.7. The summed E-state index contributed by atoms with van der Waals surface area (Å²) in [5.41, 5.74) is 1.69. The molecule has 1 N–H and O–H groups in total. The zero-order chi connectivity index (χ0) is 14.1. The smallest absolute Gasteiger partial charge is 0.200 e. The molecule has 6 heteroatoms. The van der Waals surface area contributed by atoms with Crippen molar-refractivity contribution in [3.8, 4) is 0 Å². The number of aliphatic hydroxyl groups excluding tert-OH is 1. The predicted octanol–water partition coefficient (Wildman–Crippen LogP) is 3.70. The van der Waals surface area contributed by atoms with Crippen molar-refractivity contribution in [3.63, 3.8) is 0 Å². The molecule has 1 unspecified atom stereocenters. The summed E-state index contributed by atoms with van der Waals surface area (Å²) in [6, 6.07) is 11.6. The fraction of sp³-hybridized carbons (Fsp3) is 0.143. The number of fused-ring (bicyclic) bond motifs is 1. The number of aliphatic hydroxyl groups is 1. The highest BCUT2D eigenvalue weighted by Crippen LogP contribution is 2.34. The van der Waals surface area contributed by atoms with Crippen LogP contribution < -0.4 is 0 Å². The van der Waals surface area contributed by atoms with Crippen LogP contribution >= 0.6 is 27.7 Å². The van der Waals surface area contributed by atoms with E-state index in [9.17, 15) is 5.11 Å². The lowest BCUT2D eigenvalue weighted by Gasteiger charge is -2.11.